The summed E-state index contributed by atoms with van der Waals surface area (Å²) in [5.41, 5.74) is 1.28. The van der Waals surface area contributed by atoms with Crippen LogP contribution in [0.25, 0.3) is 0 Å². The van der Waals surface area contributed by atoms with Crippen molar-refractivity contribution >= 4 is 40.6 Å². The van der Waals surface area contributed by atoms with Crippen molar-refractivity contribution in [2.45, 2.75) is 33.1 Å². The number of piperazine rings is 1. The van der Waals surface area contributed by atoms with Gasteiger partial charge in [0.2, 0.25) is 5.95 Å². The first kappa shape index (κ1) is 22.6. The molecule has 8 heteroatoms. The maximum atomic E-state index is 5.49. The van der Waals surface area contributed by atoms with Crippen molar-refractivity contribution in [2.75, 3.05) is 65.8 Å². The van der Waals surface area contributed by atoms with Crippen LogP contribution in [0, 0.1) is 5.92 Å². The second-order valence-electron chi connectivity index (χ2n) is 8.99. The van der Waals surface area contributed by atoms with Gasteiger partial charge in [-0.2, -0.15) is 9.97 Å². The molecule has 0 unspecified atom stereocenters. The van der Waals surface area contributed by atoms with E-state index < -0.39 is 0 Å². The molecule has 0 atom stereocenters. The second-order valence-corrected chi connectivity index (χ2v) is 9.40. The molecule has 2 saturated heterocycles. The highest BCUT2D eigenvalue weighted by Gasteiger charge is 2.22. The first-order chi connectivity index (χ1) is 15.6. The van der Waals surface area contributed by atoms with Crippen LogP contribution in [0.2, 0.25) is 0 Å². The summed E-state index contributed by atoms with van der Waals surface area (Å²) in [6.07, 6.45) is 3.72. The summed E-state index contributed by atoms with van der Waals surface area (Å²) in [5.74, 6) is 3.07. The first-order valence-electron chi connectivity index (χ1n) is 11.8. The fourth-order valence-electron chi connectivity index (χ4n) is 4.20. The van der Waals surface area contributed by atoms with Gasteiger partial charge in [0.05, 0.1) is 0 Å². The minimum Gasteiger partial charge on any atom is -0.368 e. The molecule has 0 amide bonds. The number of para-hydroxylation sites is 1. The van der Waals surface area contributed by atoms with Gasteiger partial charge in [0, 0.05) is 57.6 Å². The molecular weight excluding hydrogens is 418 g/mol. The fraction of sp³-hybridized carbons (Fsp3) is 0.542. The van der Waals surface area contributed by atoms with E-state index in [2.05, 4.69) is 75.6 Å². The predicted molar refractivity (Wildman–Crippen MR) is 138 cm³/mol. The highest BCUT2D eigenvalue weighted by molar-refractivity contribution is 7.80. The molecule has 32 heavy (non-hydrogen) atoms. The van der Waals surface area contributed by atoms with Crippen LogP contribution in [0.4, 0.5) is 23.3 Å². The number of nitrogens with one attached hydrogen (secondary N) is 2. The average molecular weight is 454 g/mol. The summed E-state index contributed by atoms with van der Waals surface area (Å²) in [5, 5.41) is 7.06. The summed E-state index contributed by atoms with van der Waals surface area (Å²) < 4.78 is 0. The number of rotatable bonds is 6. The Labute approximate surface area is 197 Å². The van der Waals surface area contributed by atoms with E-state index in [1.54, 1.807) is 0 Å². The zero-order chi connectivity index (χ0) is 22.3. The van der Waals surface area contributed by atoms with E-state index in [1.165, 1.54) is 24.9 Å². The van der Waals surface area contributed by atoms with Crippen molar-refractivity contribution in [1.82, 2.24) is 15.3 Å². The van der Waals surface area contributed by atoms with E-state index in [4.69, 9.17) is 22.2 Å². The zero-order valence-electron chi connectivity index (χ0n) is 19.3. The molecule has 2 aliphatic rings. The first-order valence-corrected chi connectivity index (χ1v) is 12.2. The number of piperidine rings is 1. The van der Waals surface area contributed by atoms with E-state index in [0.29, 0.717) is 17.0 Å². The van der Waals surface area contributed by atoms with Crippen molar-refractivity contribution in [3.63, 3.8) is 0 Å². The van der Waals surface area contributed by atoms with Crippen LogP contribution in [0.1, 0.15) is 33.1 Å². The molecule has 0 saturated carbocycles. The number of hydrogen-bond acceptors (Lipinski definition) is 6. The monoisotopic (exact) mass is 453 g/mol. The lowest BCUT2D eigenvalue weighted by Gasteiger charge is -2.37. The lowest BCUT2D eigenvalue weighted by atomic mass is 10.1. The molecule has 0 aliphatic carbocycles. The summed E-state index contributed by atoms with van der Waals surface area (Å²) in [6, 6.07) is 12.8. The number of aromatic nitrogens is 2. The highest BCUT2D eigenvalue weighted by Crippen LogP contribution is 2.26. The van der Waals surface area contributed by atoms with E-state index in [9.17, 15) is 0 Å². The SMILES string of the molecule is CC(C)CNC(=S)Nc1nc(N2CCCCC2)cc(N2CCN(c3ccccc3)CC2)n1. The highest BCUT2D eigenvalue weighted by atomic mass is 32.1. The summed E-state index contributed by atoms with van der Waals surface area (Å²) in [7, 11) is 0. The Morgan fingerprint density at radius 1 is 0.875 bits per heavy atom. The van der Waals surface area contributed by atoms with Crippen molar-refractivity contribution in [3.05, 3.63) is 36.4 Å². The van der Waals surface area contributed by atoms with Gasteiger partial charge in [-0.25, -0.2) is 0 Å². The number of hydrogen-bond donors (Lipinski definition) is 2. The number of nitrogens with zero attached hydrogens (tertiary/aromatic N) is 5. The Hall–Kier alpha value is -2.61. The lowest BCUT2D eigenvalue weighted by molar-refractivity contribution is 0.573. The van der Waals surface area contributed by atoms with Gasteiger partial charge in [0.15, 0.2) is 5.11 Å². The molecule has 2 aliphatic heterocycles. The van der Waals surface area contributed by atoms with Gasteiger partial charge in [0.25, 0.3) is 0 Å². The zero-order valence-corrected chi connectivity index (χ0v) is 20.1. The summed E-state index contributed by atoms with van der Waals surface area (Å²) >= 11 is 5.49. The topological polar surface area (TPSA) is 59.6 Å². The Morgan fingerprint density at radius 2 is 1.47 bits per heavy atom. The van der Waals surface area contributed by atoms with Gasteiger partial charge in [-0.15, -0.1) is 0 Å². The summed E-state index contributed by atoms with van der Waals surface area (Å²) in [6.45, 7) is 11.1. The Balaban J connectivity index is 1.49. The molecule has 3 heterocycles. The normalized spacial score (nSPS) is 16.9. The van der Waals surface area contributed by atoms with Crippen molar-refractivity contribution in [2.24, 2.45) is 5.92 Å². The second kappa shape index (κ2) is 10.8. The molecule has 4 rings (SSSR count). The third kappa shape index (κ3) is 6.00. The third-order valence-corrected chi connectivity index (χ3v) is 6.25. The number of benzene rings is 1. The number of anilines is 4. The molecule has 1 aromatic carbocycles. The van der Waals surface area contributed by atoms with Crippen LogP contribution in [0.15, 0.2) is 36.4 Å². The molecule has 0 radical (unpaired) electrons. The predicted octanol–water partition coefficient (Wildman–Crippen LogP) is 3.74. The molecular formula is C24H35N7S. The third-order valence-electron chi connectivity index (χ3n) is 6.00. The Kier molecular flexibility index (Phi) is 7.63. The van der Waals surface area contributed by atoms with Gasteiger partial charge >= 0.3 is 0 Å². The molecule has 2 aromatic rings. The van der Waals surface area contributed by atoms with Crippen molar-refractivity contribution in [3.8, 4) is 0 Å². The van der Waals surface area contributed by atoms with Crippen LogP contribution in [0.3, 0.4) is 0 Å². The largest absolute Gasteiger partial charge is 0.368 e. The lowest BCUT2D eigenvalue weighted by Crippen LogP contribution is -2.47. The minimum atomic E-state index is 0.520. The number of thiocarbonyl (C=S) groups is 1. The standard InChI is InChI=1S/C24H35N7S/c1-19(2)18-25-24(32)28-23-26-21(30-11-7-4-8-12-30)17-22(27-23)31-15-13-29(14-16-31)20-9-5-3-6-10-20/h3,5-6,9-10,17,19H,4,7-8,11-16,18H2,1-2H3,(H2,25,26,27,28,32). The van der Waals surface area contributed by atoms with Gasteiger partial charge in [-0.3, -0.25) is 0 Å². The molecule has 7 nitrogen and oxygen atoms in total. The van der Waals surface area contributed by atoms with Crippen LogP contribution >= 0.6 is 12.2 Å². The molecule has 2 fully saturated rings. The maximum Gasteiger partial charge on any atom is 0.232 e. The quantitative estimate of drug-likeness (QED) is 0.642. The van der Waals surface area contributed by atoms with E-state index in [-0.39, 0.29) is 0 Å². The maximum absolute atomic E-state index is 5.49. The smallest absolute Gasteiger partial charge is 0.232 e. The van der Waals surface area contributed by atoms with E-state index in [1.807, 2.05) is 0 Å². The fourth-order valence-corrected chi connectivity index (χ4v) is 4.37. The molecule has 0 spiro atoms. The van der Waals surface area contributed by atoms with Gasteiger partial charge in [-0.1, -0.05) is 32.0 Å². The van der Waals surface area contributed by atoms with E-state index in [0.717, 1.165) is 57.4 Å². The molecule has 172 valence electrons. The molecule has 0 bridgehead atoms. The average Bonchev–Trinajstić information content (AvgIpc) is 2.84. The van der Waals surface area contributed by atoms with Crippen LogP contribution in [-0.4, -0.2) is 60.9 Å². The van der Waals surface area contributed by atoms with Crippen LogP contribution in [0.5, 0.6) is 0 Å². The Bertz CT molecular complexity index is 875. The summed E-state index contributed by atoms with van der Waals surface area (Å²) in [4.78, 5) is 16.9. The van der Waals surface area contributed by atoms with Gasteiger partial charge in [-0.05, 0) is 49.5 Å². The van der Waals surface area contributed by atoms with Gasteiger partial charge in [0.1, 0.15) is 11.6 Å². The van der Waals surface area contributed by atoms with Gasteiger partial charge < -0.3 is 25.3 Å². The minimum absolute atomic E-state index is 0.520. The molecule has 2 N–H and O–H groups in total. The molecule has 1 aromatic heterocycles. The van der Waals surface area contributed by atoms with Crippen molar-refractivity contribution < 1.29 is 0 Å². The van der Waals surface area contributed by atoms with Crippen LogP contribution in [-0.2, 0) is 0 Å². The Morgan fingerprint density at radius 3 is 2.09 bits per heavy atom. The van der Waals surface area contributed by atoms with E-state index >= 15 is 0 Å². The van der Waals surface area contributed by atoms with Crippen molar-refractivity contribution in [1.29, 1.82) is 0 Å². The van der Waals surface area contributed by atoms with Crippen LogP contribution < -0.4 is 25.3 Å².